The van der Waals surface area contributed by atoms with Crippen LogP contribution in [0, 0.1) is 0 Å². The molecule has 1 aromatic rings. The first kappa shape index (κ1) is 11.0. The summed E-state index contributed by atoms with van der Waals surface area (Å²) in [7, 11) is 0. The van der Waals surface area contributed by atoms with Gasteiger partial charge in [0.15, 0.2) is 0 Å². The third-order valence-electron chi connectivity index (χ3n) is 2.20. The quantitative estimate of drug-likeness (QED) is 0.800. The molecule has 0 aliphatic rings. The van der Waals surface area contributed by atoms with Crippen LogP contribution in [0.1, 0.15) is 32.9 Å². The molecule has 3 nitrogen and oxygen atoms in total. The summed E-state index contributed by atoms with van der Waals surface area (Å²) >= 11 is 0. The van der Waals surface area contributed by atoms with Crippen molar-refractivity contribution in [3.63, 3.8) is 0 Å². The van der Waals surface area contributed by atoms with E-state index in [2.05, 4.69) is 11.9 Å². The summed E-state index contributed by atoms with van der Waals surface area (Å²) in [5, 5.41) is 8.90. The summed E-state index contributed by atoms with van der Waals surface area (Å²) in [6.07, 6.45) is 2.58. The molecule has 1 N–H and O–H groups in total. The summed E-state index contributed by atoms with van der Waals surface area (Å²) in [5.74, 6) is 0.760. The van der Waals surface area contributed by atoms with Crippen LogP contribution < -0.4 is 4.74 Å². The maximum absolute atomic E-state index is 8.90. The van der Waals surface area contributed by atoms with Crippen molar-refractivity contribution in [2.24, 2.45) is 0 Å². The third kappa shape index (κ3) is 3.00. The molecule has 3 heteroatoms. The van der Waals surface area contributed by atoms with Gasteiger partial charge < -0.3 is 9.84 Å². The van der Waals surface area contributed by atoms with Gasteiger partial charge in [0.25, 0.3) is 0 Å². The van der Waals surface area contributed by atoms with Gasteiger partial charge in [-0.05, 0) is 26.3 Å². The zero-order chi connectivity index (χ0) is 10.6. The summed E-state index contributed by atoms with van der Waals surface area (Å²) in [5.41, 5.74) is 0.461. The Balaban J connectivity index is 2.76. The summed E-state index contributed by atoms with van der Waals surface area (Å²) in [4.78, 5) is 3.98. The van der Waals surface area contributed by atoms with E-state index in [9.17, 15) is 0 Å². The first-order chi connectivity index (χ1) is 6.57. The number of aliphatic hydroxyl groups is 1. The third-order valence-corrected chi connectivity index (χ3v) is 2.20. The molecular formula is C11H17NO2. The predicted octanol–water partition coefficient (Wildman–Crippen LogP) is 2.14. The van der Waals surface area contributed by atoms with E-state index in [4.69, 9.17) is 9.84 Å². The molecule has 0 fully saturated rings. The highest BCUT2D eigenvalue weighted by Crippen LogP contribution is 2.20. The maximum atomic E-state index is 8.90. The molecule has 0 saturated heterocycles. The molecule has 0 radical (unpaired) electrons. The Morgan fingerprint density at radius 1 is 1.50 bits per heavy atom. The highest BCUT2D eigenvalue weighted by Gasteiger charge is 2.16. The van der Waals surface area contributed by atoms with Gasteiger partial charge in [-0.2, -0.15) is 0 Å². The van der Waals surface area contributed by atoms with Crippen molar-refractivity contribution in [3.05, 3.63) is 24.0 Å². The van der Waals surface area contributed by atoms with E-state index in [0.717, 1.165) is 12.2 Å². The van der Waals surface area contributed by atoms with E-state index in [-0.39, 0.29) is 12.2 Å². The molecule has 0 saturated carbocycles. The van der Waals surface area contributed by atoms with Gasteiger partial charge in [0, 0.05) is 12.3 Å². The number of rotatable bonds is 4. The van der Waals surface area contributed by atoms with Gasteiger partial charge in [-0.15, -0.1) is 0 Å². The van der Waals surface area contributed by atoms with Crippen molar-refractivity contribution in [3.8, 4) is 5.75 Å². The fraction of sp³-hybridized carbons (Fsp3) is 0.545. The lowest BCUT2D eigenvalue weighted by atomic mass is 10.1. The SMILES string of the molecule is CCC(C)(C)Oc1ccnc(CO)c1. The molecule has 78 valence electrons. The van der Waals surface area contributed by atoms with Crippen LogP contribution in [0.5, 0.6) is 5.75 Å². The molecule has 1 rings (SSSR count). The molecule has 14 heavy (non-hydrogen) atoms. The number of aromatic nitrogens is 1. The van der Waals surface area contributed by atoms with Crippen molar-refractivity contribution in [2.75, 3.05) is 0 Å². The number of ether oxygens (including phenoxy) is 1. The highest BCUT2D eigenvalue weighted by molar-refractivity contribution is 5.22. The number of hydrogen-bond acceptors (Lipinski definition) is 3. The number of nitrogens with zero attached hydrogens (tertiary/aromatic N) is 1. The fourth-order valence-corrected chi connectivity index (χ4v) is 0.997. The molecule has 1 heterocycles. The predicted molar refractivity (Wildman–Crippen MR) is 55.2 cm³/mol. The van der Waals surface area contributed by atoms with Crippen LogP contribution >= 0.6 is 0 Å². The minimum atomic E-state index is -0.173. The largest absolute Gasteiger partial charge is 0.488 e. The number of aliphatic hydroxyl groups excluding tert-OH is 1. The van der Waals surface area contributed by atoms with Crippen LogP contribution in [0.2, 0.25) is 0 Å². The normalized spacial score (nSPS) is 11.4. The van der Waals surface area contributed by atoms with Crippen molar-refractivity contribution in [1.29, 1.82) is 0 Å². The Bertz CT molecular complexity index is 297. The van der Waals surface area contributed by atoms with Crippen molar-refractivity contribution >= 4 is 0 Å². The van der Waals surface area contributed by atoms with E-state index < -0.39 is 0 Å². The van der Waals surface area contributed by atoms with E-state index >= 15 is 0 Å². The van der Waals surface area contributed by atoms with Crippen molar-refractivity contribution < 1.29 is 9.84 Å². The van der Waals surface area contributed by atoms with Gasteiger partial charge in [-0.3, -0.25) is 4.98 Å². The molecule has 0 spiro atoms. The zero-order valence-corrected chi connectivity index (χ0v) is 8.95. The Morgan fingerprint density at radius 2 is 2.21 bits per heavy atom. The van der Waals surface area contributed by atoms with Crippen LogP contribution in [0.25, 0.3) is 0 Å². The smallest absolute Gasteiger partial charge is 0.123 e. The number of hydrogen-bond donors (Lipinski definition) is 1. The first-order valence-electron chi connectivity index (χ1n) is 4.82. The van der Waals surface area contributed by atoms with Gasteiger partial charge in [-0.25, -0.2) is 0 Å². The molecule has 0 amide bonds. The van der Waals surface area contributed by atoms with Crippen LogP contribution in [0.15, 0.2) is 18.3 Å². The van der Waals surface area contributed by atoms with Gasteiger partial charge in [0.1, 0.15) is 11.4 Å². The lowest BCUT2D eigenvalue weighted by molar-refractivity contribution is 0.105. The molecule has 0 aliphatic heterocycles. The van der Waals surface area contributed by atoms with E-state index in [0.29, 0.717) is 5.69 Å². The molecule has 1 aromatic heterocycles. The monoisotopic (exact) mass is 195 g/mol. The minimum absolute atomic E-state index is 0.0518. The van der Waals surface area contributed by atoms with Crippen LogP contribution in [0.4, 0.5) is 0 Å². The molecule has 0 aliphatic carbocycles. The second-order valence-corrected chi connectivity index (χ2v) is 3.86. The van der Waals surface area contributed by atoms with Crippen LogP contribution in [0.3, 0.4) is 0 Å². The van der Waals surface area contributed by atoms with E-state index in [1.54, 1.807) is 18.3 Å². The van der Waals surface area contributed by atoms with Gasteiger partial charge in [-0.1, -0.05) is 6.92 Å². The standard InChI is InChI=1S/C11H17NO2/c1-4-11(2,3)14-10-5-6-12-9(7-10)8-13/h5-7,13H,4,8H2,1-3H3. The van der Waals surface area contributed by atoms with Crippen LogP contribution in [-0.2, 0) is 6.61 Å². The summed E-state index contributed by atoms with van der Waals surface area (Å²) < 4.78 is 5.74. The Kier molecular flexibility index (Phi) is 3.47. The minimum Gasteiger partial charge on any atom is -0.488 e. The second kappa shape index (κ2) is 4.42. The van der Waals surface area contributed by atoms with Crippen molar-refractivity contribution in [2.45, 2.75) is 39.4 Å². The zero-order valence-electron chi connectivity index (χ0n) is 8.95. The average molecular weight is 195 g/mol. The lowest BCUT2D eigenvalue weighted by Gasteiger charge is -2.24. The second-order valence-electron chi connectivity index (χ2n) is 3.86. The molecular weight excluding hydrogens is 178 g/mol. The van der Waals surface area contributed by atoms with Gasteiger partial charge in [0.05, 0.1) is 12.3 Å². The van der Waals surface area contributed by atoms with Crippen LogP contribution in [-0.4, -0.2) is 15.7 Å². The average Bonchev–Trinajstić information content (AvgIpc) is 2.17. The Labute approximate surface area is 84.7 Å². The van der Waals surface area contributed by atoms with Gasteiger partial charge in [0.2, 0.25) is 0 Å². The fourth-order valence-electron chi connectivity index (χ4n) is 0.997. The molecule has 0 aromatic carbocycles. The summed E-state index contributed by atoms with van der Waals surface area (Å²) in [6, 6.07) is 3.56. The highest BCUT2D eigenvalue weighted by atomic mass is 16.5. The molecule has 0 bridgehead atoms. The molecule has 0 atom stereocenters. The van der Waals surface area contributed by atoms with E-state index in [1.807, 2.05) is 13.8 Å². The number of pyridine rings is 1. The van der Waals surface area contributed by atoms with E-state index in [1.165, 1.54) is 0 Å². The molecule has 0 unspecified atom stereocenters. The Morgan fingerprint density at radius 3 is 2.79 bits per heavy atom. The first-order valence-corrected chi connectivity index (χ1v) is 4.82. The lowest BCUT2D eigenvalue weighted by Crippen LogP contribution is -2.26. The topological polar surface area (TPSA) is 42.4 Å². The summed E-state index contributed by atoms with van der Waals surface area (Å²) in [6.45, 7) is 6.09. The van der Waals surface area contributed by atoms with Crippen molar-refractivity contribution in [1.82, 2.24) is 4.98 Å². The van der Waals surface area contributed by atoms with Gasteiger partial charge >= 0.3 is 0 Å². The Hall–Kier alpha value is -1.09. The maximum Gasteiger partial charge on any atom is 0.123 e.